The zero-order valence-corrected chi connectivity index (χ0v) is 10.4. The highest BCUT2D eigenvalue weighted by atomic mass is 14.1. The average molecular weight is 212 g/mol. The van der Waals surface area contributed by atoms with E-state index in [0.717, 1.165) is 0 Å². The van der Waals surface area contributed by atoms with Crippen LogP contribution in [0.1, 0.15) is 37.8 Å². The van der Waals surface area contributed by atoms with Crippen molar-refractivity contribution in [2.24, 2.45) is 0 Å². The molecule has 0 aliphatic rings. The van der Waals surface area contributed by atoms with Gasteiger partial charge in [0.1, 0.15) is 0 Å². The van der Waals surface area contributed by atoms with Gasteiger partial charge in [-0.15, -0.1) is 0 Å². The zero-order chi connectivity index (χ0) is 12.0. The van der Waals surface area contributed by atoms with Gasteiger partial charge in [0.05, 0.1) is 0 Å². The number of hydrogen-bond acceptors (Lipinski definition) is 0. The Labute approximate surface area is 99.0 Å². The standard InChI is InChI=1S/C16H20/c1-5-7-9-14(6-2)16-11-8-10-15(12-16)13(3)4/h5-13H,2H2,1,3-4H3/b7-5-,14-9+. The van der Waals surface area contributed by atoms with Gasteiger partial charge in [0, 0.05) is 0 Å². The van der Waals surface area contributed by atoms with Gasteiger partial charge in [-0.3, -0.25) is 0 Å². The van der Waals surface area contributed by atoms with E-state index in [0.29, 0.717) is 5.92 Å². The van der Waals surface area contributed by atoms with Crippen LogP contribution in [0, 0.1) is 0 Å². The molecule has 16 heavy (non-hydrogen) atoms. The molecule has 0 saturated carbocycles. The summed E-state index contributed by atoms with van der Waals surface area (Å²) in [7, 11) is 0. The maximum absolute atomic E-state index is 3.86. The van der Waals surface area contributed by atoms with Crippen LogP contribution in [0.2, 0.25) is 0 Å². The molecule has 1 rings (SSSR count). The van der Waals surface area contributed by atoms with Crippen molar-refractivity contribution in [1.29, 1.82) is 0 Å². The van der Waals surface area contributed by atoms with Crippen molar-refractivity contribution < 1.29 is 0 Å². The second kappa shape index (κ2) is 6.12. The minimum Gasteiger partial charge on any atom is -0.0984 e. The highest BCUT2D eigenvalue weighted by Crippen LogP contribution is 2.21. The van der Waals surface area contributed by atoms with Crippen LogP contribution in [0.25, 0.3) is 5.57 Å². The lowest BCUT2D eigenvalue weighted by Gasteiger charge is -2.08. The summed E-state index contributed by atoms with van der Waals surface area (Å²) in [5, 5.41) is 0. The van der Waals surface area contributed by atoms with Gasteiger partial charge >= 0.3 is 0 Å². The lowest BCUT2D eigenvalue weighted by Crippen LogP contribution is -1.89. The Hall–Kier alpha value is -1.56. The molecule has 0 saturated heterocycles. The second-order valence-electron chi connectivity index (χ2n) is 4.13. The monoisotopic (exact) mass is 212 g/mol. The lowest BCUT2D eigenvalue weighted by molar-refractivity contribution is 0.866. The third-order valence-electron chi connectivity index (χ3n) is 2.57. The molecule has 0 atom stereocenters. The second-order valence-corrected chi connectivity index (χ2v) is 4.13. The van der Waals surface area contributed by atoms with E-state index in [4.69, 9.17) is 0 Å². The van der Waals surface area contributed by atoms with Gasteiger partial charge < -0.3 is 0 Å². The highest BCUT2D eigenvalue weighted by Gasteiger charge is 2.01. The molecule has 0 unspecified atom stereocenters. The van der Waals surface area contributed by atoms with Crippen LogP contribution in [-0.4, -0.2) is 0 Å². The fourth-order valence-electron chi connectivity index (χ4n) is 1.56. The molecule has 0 aliphatic heterocycles. The normalized spacial score (nSPS) is 12.4. The molecule has 0 aromatic heterocycles. The Morgan fingerprint density at radius 1 is 1.31 bits per heavy atom. The van der Waals surface area contributed by atoms with E-state index in [1.165, 1.54) is 16.7 Å². The summed E-state index contributed by atoms with van der Waals surface area (Å²) in [5.74, 6) is 0.563. The van der Waals surface area contributed by atoms with E-state index in [2.05, 4.69) is 50.8 Å². The van der Waals surface area contributed by atoms with Crippen molar-refractivity contribution in [3.63, 3.8) is 0 Å². The number of rotatable bonds is 4. The number of hydrogen-bond donors (Lipinski definition) is 0. The van der Waals surface area contributed by atoms with Crippen molar-refractivity contribution in [3.05, 3.63) is 66.3 Å². The Kier molecular flexibility index (Phi) is 4.78. The molecule has 0 heteroatoms. The molecule has 84 valence electrons. The predicted molar refractivity (Wildman–Crippen MR) is 73.5 cm³/mol. The molecule has 0 fully saturated rings. The van der Waals surface area contributed by atoms with Gasteiger partial charge in [0.25, 0.3) is 0 Å². The van der Waals surface area contributed by atoms with E-state index in [1.807, 2.05) is 25.2 Å². The third-order valence-corrected chi connectivity index (χ3v) is 2.57. The topological polar surface area (TPSA) is 0 Å². The quantitative estimate of drug-likeness (QED) is 0.619. The van der Waals surface area contributed by atoms with E-state index >= 15 is 0 Å². The highest BCUT2D eigenvalue weighted by molar-refractivity contribution is 5.75. The van der Waals surface area contributed by atoms with Gasteiger partial charge in [-0.05, 0) is 29.5 Å². The lowest BCUT2D eigenvalue weighted by atomic mass is 9.97. The Morgan fingerprint density at radius 2 is 2.06 bits per heavy atom. The first kappa shape index (κ1) is 12.5. The van der Waals surface area contributed by atoms with Crippen molar-refractivity contribution in [3.8, 4) is 0 Å². The van der Waals surface area contributed by atoms with Crippen molar-refractivity contribution >= 4 is 5.57 Å². The number of allylic oxidation sites excluding steroid dienone is 5. The molecule has 1 aromatic carbocycles. The van der Waals surface area contributed by atoms with Gasteiger partial charge in [-0.2, -0.15) is 0 Å². The summed E-state index contributed by atoms with van der Waals surface area (Å²) in [6.07, 6.45) is 8.06. The molecule has 0 amide bonds. The Morgan fingerprint density at radius 3 is 2.62 bits per heavy atom. The summed E-state index contributed by atoms with van der Waals surface area (Å²) < 4.78 is 0. The first-order valence-corrected chi connectivity index (χ1v) is 5.74. The molecule has 0 radical (unpaired) electrons. The molecule has 0 aliphatic carbocycles. The molecule has 0 spiro atoms. The maximum Gasteiger partial charge on any atom is -0.0181 e. The van der Waals surface area contributed by atoms with E-state index in [-0.39, 0.29) is 0 Å². The molecule has 0 nitrogen and oxygen atoms in total. The fraction of sp³-hybridized carbons (Fsp3) is 0.250. The largest absolute Gasteiger partial charge is 0.0984 e. The first-order chi connectivity index (χ1) is 7.69. The molecular weight excluding hydrogens is 192 g/mol. The molecule has 0 heterocycles. The Balaban J connectivity index is 3.11. The molecule has 1 aromatic rings. The smallest absolute Gasteiger partial charge is 0.0181 e. The predicted octanol–water partition coefficient (Wildman–Crippen LogP) is 4.96. The third kappa shape index (κ3) is 3.23. The van der Waals surface area contributed by atoms with Crippen LogP contribution in [0.3, 0.4) is 0 Å². The van der Waals surface area contributed by atoms with Crippen molar-refractivity contribution in [2.75, 3.05) is 0 Å². The summed E-state index contributed by atoms with van der Waals surface area (Å²) in [6, 6.07) is 8.65. The van der Waals surface area contributed by atoms with Gasteiger partial charge in [0.15, 0.2) is 0 Å². The maximum atomic E-state index is 3.86. The van der Waals surface area contributed by atoms with Crippen molar-refractivity contribution in [2.45, 2.75) is 26.7 Å². The van der Waals surface area contributed by atoms with Crippen LogP contribution < -0.4 is 0 Å². The number of benzene rings is 1. The van der Waals surface area contributed by atoms with Crippen LogP contribution in [0.5, 0.6) is 0 Å². The summed E-state index contributed by atoms with van der Waals surface area (Å²) in [5.41, 5.74) is 3.77. The van der Waals surface area contributed by atoms with Crippen molar-refractivity contribution in [1.82, 2.24) is 0 Å². The van der Waals surface area contributed by atoms with E-state index in [9.17, 15) is 0 Å². The Bertz CT molecular complexity index is 406. The van der Waals surface area contributed by atoms with E-state index < -0.39 is 0 Å². The minimum absolute atomic E-state index is 0.563. The minimum atomic E-state index is 0.563. The van der Waals surface area contributed by atoms with Gasteiger partial charge in [-0.1, -0.05) is 69.0 Å². The van der Waals surface area contributed by atoms with Gasteiger partial charge in [0.2, 0.25) is 0 Å². The molecule has 0 bridgehead atoms. The average Bonchev–Trinajstić information content (AvgIpc) is 2.30. The van der Waals surface area contributed by atoms with Gasteiger partial charge in [-0.25, -0.2) is 0 Å². The summed E-state index contributed by atoms with van der Waals surface area (Å²) in [6.45, 7) is 10.3. The fourth-order valence-corrected chi connectivity index (χ4v) is 1.56. The summed E-state index contributed by atoms with van der Waals surface area (Å²) in [4.78, 5) is 0. The molecule has 0 N–H and O–H groups in total. The SMILES string of the molecule is C=C/C(=C\C=C/C)c1cccc(C(C)C)c1. The van der Waals surface area contributed by atoms with E-state index in [1.54, 1.807) is 0 Å². The van der Waals surface area contributed by atoms with Crippen LogP contribution >= 0.6 is 0 Å². The zero-order valence-electron chi connectivity index (χ0n) is 10.4. The summed E-state index contributed by atoms with van der Waals surface area (Å²) >= 11 is 0. The van der Waals surface area contributed by atoms with Crippen LogP contribution in [0.4, 0.5) is 0 Å². The molecular formula is C16H20. The first-order valence-electron chi connectivity index (χ1n) is 5.74. The van der Waals surface area contributed by atoms with Crippen LogP contribution in [0.15, 0.2) is 55.1 Å². The van der Waals surface area contributed by atoms with Crippen LogP contribution in [-0.2, 0) is 0 Å².